The van der Waals surface area contributed by atoms with Gasteiger partial charge in [-0.2, -0.15) is 0 Å². The van der Waals surface area contributed by atoms with Crippen LogP contribution in [0.25, 0.3) is 61.9 Å². The van der Waals surface area contributed by atoms with E-state index in [1.54, 1.807) is 0 Å². The lowest BCUT2D eigenvalue weighted by Crippen LogP contribution is -2.11. The molecule has 11 rings (SSSR count). The first-order chi connectivity index (χ1) is 27.6. The molecule has 56 heavy (non-hydrogen) atoms. The standard InChI is InChI=1S/C52H36N2S2/c1-33-13-9-11-19-46(33)53(39-15-5-3-6-16-39)41-23-21-35-29-44-43-25-26-48-51(52(43)56-49(44)31-37(35)27-41)45-30-36-22-24-42(28-38(36)32-50(45)55-48)54(40-17-7-4-8-18-40)47-20-12-10-14-34(47)2/h3-32H,1-2H3. The summed E-state index contributed by atoms with van der Waals surface area (Å²) in [5.74, 6) is 0. The van der Waals surface area contributed by atoms with Crippen LogP contribution in [0.15, 0.2) is 182 Å². The summed E-state index contributed by atoms with van der Waals surface area (Å²) in [6, 6.07) is 66.8. The van der Waals surface area contributed by atoms with Gasteiger partial charge in [0.15, 0.2) is 0 Å². The zero-order valence-electron chi connectivity index (χ0n) is 31.0. The number of rotatable bonds is 6. The van der Waals surface area contributed by atoms with Crippen molar-refractivity contribution in [2.24, 2.45) is 0 Å². The van der Waals surface area contributed by atoms with Crippen LogP contribution < -0.4 is 9.80 Å². The van der Waals surface area contributed by atoms with Gasteiger partial charge >= 0.3 is 0 Å². The number of aryl methyl sites for hydroxylation is 2. The third kappa shape index (κ3) is 5.36. The predicted molar refractivity (Wildman–Crippen MR) is 246 cm³/mol. The molecular weight excluding hydrogens is 717 g/mol. The van der Waals surface area contributed by atoms with Gasteiger partial charge in [0.2, 0.25) is 0 Å². The van der Waals surface area contributed by atoms with Gasteiger partial charge in [-0.1, -0.05) is 91.0 Å². The second-order valence-electron chi connectivity index (χ2n) is 14.7. The Hall–Kier alpha value is -6.46. The first kappa shape index (κ1) is 32.9. The van der Waals surface area contributed by atoms with Crippen LogP contribution in [0.2, 0.25) is 0 Å². The molecule has 9 aromatic carbocycles. The molecule has 0 aliphatic heterocycles. The van der Waals surface area contributed by atoms with Gasteiger partial charge in [0.25, 0.3) is 0 Å². The number of benzene rings is 9. The van der Waals surface area contributed by atoms with Crippen LogP contribution in [0.5, 0.6) is 0 Å². The minimum atomic E-state index is 1.15. The van der Waals surface area contributed by atoms with Crippen molar-refractivity contribution in [1.29, 1.82) is 0 Å². The largest absolute Gasteiger partial charge is 0.310 e. The molecule has 0 bridgehead atoms. The third-order valence-electron chi connectivity index (χ3n) is 11.2. The maximum atomic E-state index is 2.42. The normalized spacial score (nSPS) is 11.8. The molecule has 0 unspecified atom stereocenters. The highest BCUT2D eigenvalue weighted by Gasteiger charge is 2.19. The zero-order chi connectivity index (χ0) is 37.3. The average molecular weight is 753 g/mol. The maximum absolute atomic E-state index is 2.42. The molecule has 0 aliphatic carbocycles. The van der Waals surface area contributed by atoms with E-state index in [2.05, 4.69) is 206 Å². The molecule has 0 fully saturated rings. The Kier molecular flexibility index (Phi) is 7.70. The van der Waals surface area contributed by atoms with Gasteiger partial charge < -0.3 is 9.80 Å². The van der Waals surface area contributed by atoms with Crippen molar-refractivity contribution in [2.75, 3.05) is 9.80 Å². The van der Waals surface area contributed by atoms with Gasteiger partial charge in [0.05, 0.1) is 0 Å². The van der Waals surface area contributed by atoms with Crippen molar-refractivity contribution < 1.29 is 0 Å². The predicted octanol–water partition coefficient (Wildman–Crippen LogP) is 16.3. The average Bonchev–Trinajstić information content (AvgIpc) is 3.78. The number of para-hydroxylation sites is 4. The first-order valence-corrected chi connectivity index (χ1v) is 20.7. The quantitative estimate of drug-likeness (QED) is 0.167. The van der Waals surface area contributed by atoms with Crippen LogP contribution in [-0.2, 0) is 0 Å². The lowest BCUT2D eigenvalue weighted by atomic mass is 10.0. The van der Waals surface area contributed by atoms with Crippen LogP contribution in [-0.4, -0.2) is 0 Å². The van der Waals surface area contributed by atoms with Crippen molar-refractivity contribution in [3.63, 3.8) is 0 Å². The fourth-order valence-electron chi connectivity index (χ4n) is 8.47. The Bertz CT molecular complexity index is 3290. The van der Waals surface area contributed by atoms with E-state index in [1.165, 1.54) is 84.4 Å². The maximum Gasteiger partial charge on any atom is 0.0490 e. The van der Waals surface area contributed by atoms with Gasteiger partial charge in [0, 0.05) is 74.5 Å². The Labute approximate surface area is 333 Å². The van der Waals surface area contributed by atoms with Crippen LogP contribution in [0.4, 0.5) is 34.1 Å². The molecule has 0 N–H and O–H groups in total. The van der Waals surface area contributed by atoms with Crippen molar-refractivity contribution in [3.8, 4) is 0 Å². The summed E-state index contributed by atoms with van der Waals surface area (Å²) in [7, 11) is 0. The summed E-state index contributed by atoms with van der Waals surface area (Å²) in [5, 5.41) is 10.4. The molecule has 0 spiro atoms. The third-order valence-corrected chi connectivity index (χ3v) is 13.5. The number of fused-ring (bicyclic) bond motifs is 9. The van der Waals surface area contributed by atoms with Gasteiger partial charge in [0.1, 0.15) is 0 Å². The van der Waals surface area contributed by atoms with E-state index in [0.29, 0.717) is 0 Å². The summed E-state index contributed by atoms with van der Waals surface area (Å²) in [6.45, 7) is 4.38. The van der Waals surface area contributed by atoms with Crippen LogP contribution in [0, 0.1) is 13.8 Å². The van der Waals surface area contributed by atoms with E-state index in [0.717, 1.165) is 22.7 Å². The molecule has 11 aromatic rings. The number of anilines is 6. The molecule has 266 valence electrons. The van der Waals surface area contributed by atoms with Gasteiger partial charge in [-0.05, 0) is 138 Å². The summed E-state index contributed by atoms with van der Waals surface area (Å²) in [6.07, 6.45) is 0. The van der Waals surface area contributed by atoms with Crippen molar-refractivity contribution in [3.05, 3.63) is 193 Å². The van der Waals surface area contributed by atoms with Gasteiger partial charge in [-0.15, -0.1) is 22.7 Å². The first-order valence-electron chi connectivity index (χ1n) is 19.1. The topological polar surface area (TPSA) is 6.48 Å². The molecule has 0 saturated carbocycles. The van der Waals surface area contributed by atoms with Gasteiger partial charge in [-0.3, -0.25) is 0 Å². The van der Waals surface area contributed by atoms with Crippen LogP contribution in [0.1, 0.15) is 11.1 Å². The summed E-state index contributed by atoms with van der Waals surface area (Å²) < 4.78 is 5.35. The molecular formula is C52H36N2S2. The molecule has 0 atom stereocenters. The van der Waals surface area contributed by atoms with Crippen LogP contribution in [0.3, 0.4) is 0 Å². The van der Waals surface area contributed by atoms with Gasteiger partial charge in [-0.25, -0.2) is 0 Å². The number of thiophene rings is 2. The summed E-state index contributed by atoms with van der Waals surface area (Å²) in [4.78, 5) is 4.75. The highest BCUT2D eigenvalue weighted by Crippen LogP contribution is 2.47. The molecule has 4 heteroatoms. The Balaban J connectivity index is 1.05. The van der Waals surface area contributed by atoms with E-state index in [4.69, 9.17) is 0 Å². The lowest BCUT2D eigenvalue weighted by Gasteiger charge is -2.27. The van der Waals surface area contributed by atoms with E-state index in [-0.39, 0.29) is 0 Å². The zero-order valence-corrected chi connectivity index (χ0v) is 32.7. The van der Waals surface area contributed by atoms with Crippen LogP contribution >= 0.6 is 22.7 Å². The smallest absolute Gasteiger partial charge is 0.0490 e. The van der Waals surface area contributed by atoms with Crippen molar-refractivity contribution in [1.82, 2.24) is 0 Å². The lowest BCUT2D eigenvalue weighted by molar-refractivity contribution is 1.25. The van der Waals surface area contributed by atoms with E-state index in [1.807, 2.05) is 22.7 Å². The molecule has 0 radical (unpaired) electrons. The van der Waals surface area contributed by atoms with E-state index < -0.39 is 0 Å². The Morgan fingerprint density at radius 1 is 0.339 bits per heavy atom. The number of nitrogens with zero attached hydrogens (tertiary/aromatic N) is 2. The molecule has 0 amide bonds. The Morgan fingerprint density at radius 2 is 0.839 bits per heavy atom. The van der Waals surface area contributed by atoms with Crippen molar-refractivity contribution in [2.45, 2.75) is 13.8 Å². The summed E-state index contributed by atoms with van der Waals surface area (Å²) >= 11 is 3.83. The summed E-state index contributed by atoms with van der Waals surface area (Å²) in [5.41, 5.74) is 9.49. The molecule has 0 aliphatic rings. The monoisotopic (exact) mass is 752 g/mol. The van der Waals surface area contributed by atoms with E-state index in [9.17, 15) is 0 Å². The number of hydrogen-bond donors (Lipinski definition) is 0. The second-order valence-corrected chi connectivity index (χ2v) is 16.8. The van der Waals surface area contributed by atoms with Crippen molar-refractivity contribution >= 4 is 119 Å². The fourth-order valence-corrected chi connectivity index (χ4v) is 11.0. The highest BCUT2D eigenvalue weighted by atomic mass is 32.1. The molecule has 0 saturated heterocycles. The Morgan fingerprint density at radius 3 is 1.39 bits per heavy atom. The second kappa shape index (κ2) is 13.1. The number of hydrogen-bond acceptors (Lipinski definition) is 4. The highest BCUT2D eigenvalue weighted by molar-refractivity contribution is 7.29. The molecule has 2 aromatic heterocycles. The SMILES string of the molecule is Cc1ccccc1N(c1ccccc1)c1ccc2cc3c(cc2c1)sc1c3ccc2sc3cc4cc(N(c5ccccc5)c5ccccc5C)ccc4cc3c21. The molecule has 2 heterocycles. The van der Waals surface area contributed by atoms with E-state index >= 15 is 0 Å². The minimum absolute atomic E-state index is 1.15. The molecule has 2 nitrogen and oxygen atoms in total. The fraction of sp³-hybridized carbons (Fsp3) is 0.0385. The minimum Gasteiger partial charge on any atom is -0.310 e.